The first-order valence-electron chi connectivity index (χ1n) is 9.48. The Morgan fingerprint density at radius 1 is 1.10 bits per heavy atom. The molecule has 0 saturated carbocycles. The van der Waals surface area contributed by atoms with E-state index in [0.29, 0.717) is 18.0 Å². The standard InChI is InChI=1S/C24H21NO3S/c1-16-13-17(14-26)29-23(16)11-6-12-25-24(27)28-15-22-20-9-4-2-7-18(20)19-8-3-5-10-21(19)22/h2-11,13-14,22H,12,15H2,1H3,(H,25,27). The first-order chi connectivity index (χ1) is 14.2. The molecule has 5 heteroatoms. The van der Waals surface area contributed by atoms with Crippen molar-refractivity contribution in [1.29, 1.82) is 0 Å². The van der Waals surface area contributed by atoms with E-state index in [4.69, 9.17) is 4.74 Å². The molecule has 1 heterocycles. The monoisotopic (exact) mass is 403 g/mol. The van der Waals surface area contributed by atoms with Crippen molar-refractivity contribution in [3.05, 3.63) is 87.1 Å². The number of fused-ring (bicyclic) bond motifs is 3. The number of nitrogens with one attached hydrogen (secondary N) is 1. The van der Waals surface area contributed by atoms with E-state index in [2.05, 4.69) is 29.6 Å². The summed E-state index contributed by atoms with van der Waals surface area (Å²) in [6.07, 6.45) is 4.18. The molecular weight excluding hydrogens is 382 g/mol. The number of aldehydes is 1. The van der Waals surface area contributed by atoms with E-state index in [0.717, 1.165) is 16.7 Å². The predicted octanol–water partition coefficient (Wildman–Crippen LogP) is 5.42. The molecule has 1 aliphatic carbocycles. The molecule has 146 valence electrons. The zero-order valence-corrected chi connectivity index (χ0v) is 16.9. The molecule has 1 aromatic heterocycles. The van der Waals surface area contributed by atoms with Crippen LogP contribution in [0.3, 0.4) is 0 Å². The van der Waals surface area contributed by atoms with E-state index in [9.17, 15) is 9.59 Å². The van der Waals surface area contributed by atoms with Crippen molar-refractivity contribution in [3.8, 4) is 11.1 Å². The smallest absolute Gasteiger partial charge is 0.407 e. The van der Waals surface area contributed by atoms with Crippen molar-refractivity contribution in [3.63, 3.8) is 0 Å². The second kappa shape index (κ2) is 8.45. The summed E-state index contributed by atoms with van der Waals surface area (Å²) in [4.78, 5) is 24.7. The Morgan fingerprint density at radius 2 is 1.76 bits per heavy atom. The van der Waals surface area contributed by atoms with Crippen molar-refractivity contribution >= 4 is 29.8 Å². The van der Waals surface area contributed by atoms with E-state index in [1.165, 1.54) is 33.6 Å². The van der Waals surface area contributed by atoms with Crippen molar-refractivity contribution in [1.82, 2.24) is 5.32 Å². The number of alkyl carbamates (subject to hydrolysis) is 1. The van der Waals surface area contributed by atoms with Gasteiger partial charge in [0.05, 0.1) is 4.88 Å². The van der Waals surface area contributed by atoms with Crippen LogP contribution in [-0.2, 0) is 4.74 Å². The van der Waals surface area contributed by atoms with Crippen LogP contribution in [0.5, 0.6) is 0 Å². The Morgan fingerprint density at radius 3 is 2.38 bits per heavy atom. The minimum absolute atomic E-state index is 0.0548. The summed E-state index contributed by atoms with van der Waals surface area (Å²) in [5, 5.41) is 2.75. The lowest BCUT2D eigenvalue weighted by Gasteiger charge is -2.14. The number of amides is 1. The molecule has 0 atom stereocenters. The van der Waals surface area contributed by atoms with Crippen LogP contribution in [0.4, 0.5) is 4.79 Å². The van der Waals surface area contributed by atoms with Crippen molar-refractivity contribution in [2.24, 2.45) is 0 Å². The van der Waals surface area contributed by atoms with Gasteiger partial charge in [0.1, 0.15) is 6.61 Å². The molecule has 1 aliphatic rings. The van der Waals surface area contributed by atoms with Gasteiger partial charge in [-0.15, -0.1) is 11.3 Å². The molecule has 0 unspecified atom stereocenters. The second-order valence-electron chi connectivity index (χ2n) is 6.92. The maximum Gasteiger partial charge on any atom is 0.407 e. The van der Waals surface area contributed by atoms with Gasteiger partial charge in [-0.05, 0) is 46.9 Å². The third-order valence-corrected chi connectivity index (χ3v) is 6.20. The number of ether oxygens (including phenoxy) is 1. The van der Waals surface area contributed by atoms with E-state index in [1.54, 1.807) is 0 Å². The molecule has 1 N–H and O–H groups in total. The first kappa shape index (κ1) is 19.2. The summed E-state index contributed by atoms with van der Waals surface area (Å²) in [7, 11) is 0. The lowest BCUT2D eigenvalue weighted by atomic mass is 9.98. The highest BCUT2D eigenvalue weighted by Crippen LogP contribution is 2.44. The third-order valence-electron chi connectivity index (χ3n) is 5.07. The van der Waals surface area contributed by atoms with E-state index < -0.39 is 6.09 Å². The topological polar surface area (TPSA) is 55.4 Å². The first-order valence-corrected chi connectivity index (χ1v) is 10.3. The Balaban J connectivity index is 1.34. The highest BCUT2D eigenvalue weighted by Gasteiger charge is 2.28. The fourth-order valence-electron chi connectivity index (χ4n) is 3.70. The number of thiophene rings is 1. The van der Waals surface area contributed by atoms with Gasteiger partial charge >= 0.3 is 6.09 Å². The zero-order chi connectivity index (χ0) is 20.2. The Labute approximate surface area is 173 Å². The van der Waals surface area contributed by atoms with Gasteiger partial charge < -0.3 is 10.1 Å². The number of hydrogen-bond acceptors (Lipinski definition) is 4. The van der Waals surface area contributed by atoms with Crippen molar-refractivity contribution in [2.75, 3.05) is 13.2 Å². The van der Waals surface area contributed by atoms with E-state index >= 15 is 0 Å². The maximum atomic E-state index is 12.1. The van der Waals surface area contributed by atoms with Gasteiger partial charge in [-0.3, -0.25) is 4.79 Å². The normalized spacial score (nSPS) is 12.6. The molecule has 4 rings (SSSR count). The third kappa shape index (κ3) is 4.00. The largest absolute Gasteiger partial charge is 0.449 e. The number of hydrogen-bond donors (Lipinski definition) is 1. The second-order valence-corrected chi connectivity index (χ2v) is 8.04. The lowest BCUT2D eigenvalue weighted by Crippen LogP contribution is -2.26. The van der Waals surface area contributed by atoms with Crippen LogP contribution in [0.15, 0.2) is 60.7 Å². The van der Waals surface area contributed by atoms with Gasteiger partial charge in [0.2, 0.25) is 0 Å². The summed E-state index contributed by atoms with van der Waals surface area (Å²) in [6.45, 7) is 2.63. The number of carbonyl (C=O) groups is 2. The fourth-order valence-corrected chi connectivity index (χ4v) is 4.62. The minimum atomic E-state index is -0.437. The summed E-state index contributed by atoms with van der Waals surface area (Å²) >= 11 is 1.43. The van der Waals surface area contributed by atoms with Gasteiger partial charge in [-0.2, -0.15) is 0 Å². The molecule has 0 spiro atoms. The van der Waals surface area contributed by atoms with Gasteiger partial charge in [0, 0.05) is 17.3 Å². The van der Waals surface area contributed by atoms with Gasteiger partial charge in [0.25, 0.3) is 0 Å². The Kier molecular flexibility index (Phi) is 5.58. The molecule has 0 bridgehead atoms. The van der Waals surface area contributed by atoms with E-state index in [1.807, 2.05) is 49.4 Å². The van der Waals surface area contributed by atoms with Gasteiger partial charge in [0.15, 0.2) is 6.29 Å². The SMILES string of the molecule is Cc1cc(C=O)sc1C=CCNC(=O)OCC1c2ccccc2-c2ccccc21. The van der Waals surface area contributed by atoms with E-state index in [-0.39, 0.29) is 5.92 Å². The summed E-state index contributed by atoms with van der Waals surface area (Å²) in [5.74, 6) is 0.0548. The molecule has 1 amide bonds. The van der Waals surface area contributed by atoms with Crippen LogP contribution in [0.2, 0.25) is 0 Å². The van der Waals surface area contributed by atoms with Crippen LogP contribution >= 0.6 is 11.3 Å². The zero-order valence-electron chi connectivity index (χ0n) is 16.1. The van der Waals surface area contributed by atoms with Gasteiger partial charge in [-0.25, -0.2) is 4.79 Å². The molecule has 0 radical (unpaired) electrons. The van der Waals surface area contributed by atoms with Crippen LogP contribution in [0.25, 0.3) is 17.2 Å². The molecule has 4 nitrogen and oxygen atoms in total. The molecule has 0 aliphatic heterocycles. The lowest BCUT2D eigenvalue weighted by molar-refractivity contribution is 0.112. The van der Waals surface area contributed by atoms with Crippen LogP contribution < -0.4 is 5.32 Å². The molecule has 0 fully saturated rings. The predicted molar refractivity (Wildman–Crippen MR) is 117 cm³/mol. The summed E-state index contributed by atoms with van der Waals surface area (Å²) < 4.78 is 5.51. The van der Waals surface area contributed by atoms with Crippen LogP contribution in [-0.4, -0.2) is 25.5 Å². The number of rotatable bonds is 6. The highest BCUT2D eigenvalue weighted by atomic mass is 32.1. The van der Waals surface area contributed by atoms with Crippen molar-refractivity contribution < 1.29 is 14.3 Å². The number of aryl methyl sites for hydroxylation is 1. The number of carbonyl (C=O) groups excluding carboxylic acids is 2. The van der Waals surface area contributed by atoms with Gasteiger partial charge in [-0.1, -0.05) is 54.6 Å². The average Bonchev–Trinajstić information content (AvgIpc) is 3.27. The molecule has 0 saturated heterocycles. The Hall–Kier alpha value is -3.18. The Bertz CT molecular complexity index is 1040. The molecular formula is C24H21NO3S. The highest BCUT2D eigenvalue weighted by molar-refractivity contribution is 7.14. The molecule has 3 aromatic rings. The molecule has 29 heavy (non-hydrogen) atoms. The summed E-state index contributed by atoms with van der Waals surface area (Å²) in [5.41, 5.74) is 5.86. The van der Waals surface area contributed by atoms with Crippen LogP contribution in [0.1, 0.15) is 37.2 Å². The quantitative estimate of drug-likeness (QED) is 0.559. The average molecular weight is 404 g/mol. The summed E-state index contributed by atoms with van der Waals surface area (Å²) in [6, 6.07) is 18.4. The number of benzene rings is 2. The molecule has 2 aromatic carbocycles. The van der Waals surface area contributed by atoms with Crippen LogP contribution in [0, 0.1) is 6.92 Å². The maximum absolute atomic E-state index is 12.1. The minimum Gasteiger partial charge on any atom is -0.449 e. The fraction of sp³-hybridized carbons (Fsp3) is 0.167. The van der Waals surface area contributed by atoms with Crippen molar-refractivity contribution in [2.45, 2.75) is 12.8 Å².